The molecule has 0 bridgehead atoms. The Morgan fingerprint density at radius 2 is 1.68 bits per heavy atom. The number of nitrogens with zero attached hydrogens (tertiary/aromatic N) is 1. The summed E-state index contributed by atoms with van der Waals surface area (Å²) in [5, 5.41) is 11.3. The predicted octanol–water partition coefficient (Wildman–Crippen LogP) is 4.98. The molecule has 0 aliphatic heterocycles. The summed E-state index contributed by atoms with van der Waals surface area (Å²) in [6, 6.07) is 16.3. The first-order chi connectivity index (χ1) is 11.9. The number of nitrogens with one attached hydrogen (secondary N) is 1. The van der Waals surface area contributed by atoms with Crippen LogP contribution in [-0.4, -0.2) is 21.3 Å². The van der Waals surface area contributed by atoms with Crippen molar-refractivity contribution in [1.29, 1.82) is 0 Å². The van der Waals surface area contributed by atoms with Gasteiger partial charge in [0.2, 0.25) is 0 Å². The third-order valence-corrected chi connectivity index (χ3v) is 4.22. The van der Waals surface area contributed by atoms with Gasteiger partial charge in [-0.3, -0.25) is 4.98 Å². The summed E-state index contributed by atoms with van der Waals surface area (Å²) in [5.74, 6) is 0. The zero-order chi connectivity index (χ0) is 17.6. The van der Waals surface area contributed by atoms with Gasteiger partial charge in [0.05, 0.1) is 5.69 Å². The van der Waals surface area contributed by atoms with Crippen molar-refractivity contribution in [2.45, 2.75) is 12.3 Å². The van der Waals surface area contributed by atoms with Gasteiger partial charge in [0, 0.05) is 39.1 Å². The maximum atomic E-state index is 12.6. The lowest BCUT2D eigenvalue weighted by Gasteiger charge is -2.14. The topological polar surface area (TPSA) is 48.9 Å². The summed E-state index contributed by atoms with van der Waals surface area (Å²) >= 11 is 0. The molecule has 0 fully saturated rings. The number of benzene rings is 2. The lowest BCUT2D eigenvalue weighted by molar-refractivity contribution is -0.206. The van der Waals surface area contributed by atoms with Crippen LogP contribution in [0.1, 0.15) is 11.7 Å². The van der Waals surface area contributed by atoms with Gasteiger partial charge in [0.1, 0.15) is 0 Å². The van der Waals surface area contributed by atoms with Gasteiger partial charge in [-0.25, -0.2) is 0 Å². The van der Waals surface area contributed by atoms with E-state index in [1.54, 1.807) is 0 Å². The van der Waals surface area contributed by atoms with Gasteiger partial charge in [-0.05, 0) is 18.2 Å². The van der Waals surface area contributed by atoms with Crippen molar-refractivity contribution in [3.63, 3.8) is 0 Å². The molecule has 0 amide bonds. The van der Waals surface area contributed by atoms with Crippen LogP contribution in [0.25, 0.3) is 33.1 Å². The molecule has 2 N–H and O–H groups in total. The molecule has 2 aromatic heterocycles. The second kappa shape index (κ2) is 5.60. The Kier molecular flexibility index (Phi) is 3.51. The second-order valence-corrected chi connectivity index (χ2v) is 5.82. The SMILES string of the molecule is OC(c1ccc(-c2cccc3[nH]c4ccccc4c23)nc1)C(F)(F)F. The maximum absolute atomic E-state index is 12.6. The van der Waals surface area contributed by atoms with E-state index in [0.717, 1.165) is 33.6 Å². The lowest BCUT2D eigenvalue weighted by atomic mass is 10.0. The van der Waals surface area contributed by atoms with E-state index in [0.29, 0.717) is 5.69 Å². The molecular weight excluding hydrogens is 329 g/mol. The van der Waals surface area contributed by atoms with Crippen molar-refractivity contribution < 1.29 is 18.3 Å². The summed E-state index contributed by atoms with van der Waals surface area (Å²) in [4.78, 5) is 7.47. The molecule has 1 unspecified atom stereocenters. The van der Waals surface area contributed by atoms with Crippen LogP contribution in [0.4, 0.5) is 13.2 Å². The molecule has 0 saturated heterocycles. The van der Waals surface area contributed by atoms with E-state index in [-0.39, 0.29) is 5.56 Å². The molecule has 25 heavy (non-hydrogen) atoms. The molecule has 2 heterocycles. The van der Waals surface area contributed by atoms with E-state index in [9.17, 15) is 18.3 Å². The van der Waals surface area contributed by atoms with Crippen molar-refractivity contribution >= 4 is 21.8 Å². The highest BCUT2D eigenvalue weighted by Gasteiger charge is 2.39. The third kappa shape index (κ3) is 2.64. The Balaban J connectivity index is 1.85. The minimum atomic E-state index is -4.71. The van der Waals surface area contributed by atoms with E-state index in [1.165, 1.54) is 12.1 Å². The molecule has 0 radical (unpaired) electrons. The molecule has 0 saturated carbocycles. The molecule has 0 aliphatic carbocycles. The van der Waals surface area contributed by atoms with Crippen molar-refractivity contribution in [1.82, 2.24) is 9.97 Å². The summed E-state index contributed by atoms with van der Waals surface area (Å²) in [6.07, 6.45) is -6.17. The van der Waals surface area contributed by atoms with Gasteiger partial charge in [0.15, 0.2) is 6.10 Å². The normalized spacial score (nSPS) is 13.4. The van der Waals surface area contributed by atoms with Crippen molar-refractivity contribution in [3.05, 3.63) is 66.4 Å². The van der Waals surface area contributed by atoms with Crippen LogP contribution in [0.2, 0.25) is 0 Å². The van der Waals surface area contributed by atoms with Crippen LogP contribution >= 0.6 is 0 Å². The second-order valence-electron chi connectivity index (χ2n) is 5.82. The lowest BCUT2D eigenvalue weighted by Crippen LogP contribution is -2.20. The van der Waals surface area contributed by atoms with E-state index in [4.69, 9.17) is 0 Å². The molecule has 4 rings (SSSR count). The van der Waals surface area contributed by atoms with Crippen molar-refractivity contribution in [2.24, 2.45) is 0 Å². The Morgan fingerprint density at radius 3 is 2.40 bits per heavy atom. The number of aromatic amines is 1. The monoisotopic (exact) mass is 342 g/mol. The van der Waals surface area contributed by atoms with Gasteiger partial charge >= 0.3 is 6.18 Å². The number of pyridine rings is 1. The first-order valence-corrected chi connectivity index (χ1v) is 7.66. The average molecular weight is 342 g/mol. The molecule has 1 atom stereocenters. The van der Waals surface area contributed by atoms with E-state index >= 15 is 0 Å². The molecule has 4 aromatic rings. The minimum absolute atomic E-state index is 0.276. The standard InChI is InChI=1S/C19H13F3N2O/c20-19(21,22)18(25)11-8-9-14(23-10-11)12-5-3-7-16-17(12)13-4-1-2-6-15(13)24-16/h1-10,18,24-25H. The molecule has 0 spiro atoms. The number of aliphatic hydroxyl groups is 1. The number of H-pyrrole nitrogens is 1. The fraction of sp³-hybridized carbons (Fsp3) is 0.105. The maximum Gasteiger partial charge on any atom is 0.418 e. The molecule has 3 nitrogen and oxygen atoms in total. The molecule has 126 valence electrons. The largest absolute Gasteiger partial charge is 0.418 e. The fourth-order valence-corrected chi connectivity index (χ4v) is 3.03. The number of hydrogen-bond acceptors (Lipinski definition) is 2. The molecule has 2 aromatic carbocycles. The smallest absolute Gasteiger partial charge is 0.379 e. The molecule has 6 heteroatoms. The highest BCUT2D eigenvalue weighted by atomic mass is 19.4. The third-order valence-electron chi connectivity index (χ3n) is 4.22. The Hall–Kier alpha value is -2.86. The predicted molar refractivity (Wildman–Crippen MR) is 90.1 cm³/mol. The summed E-state index contributed by atoms with van der Waals surface area (Å²) < 4.78 is 37.9. The number of alkyl halides is 3. The van der Waals surface area contributed by atoms with Gasteiger partial charge in [-0.15, -0.1) is 0 Å². The first-order valence-electron chi connectivity index (χ1n) is 7.66. The van der Waals surface area contributed by atoms with Gasteiger partial charge in [-0.1, -0.05) is 36.4 Å². The fourth-order valence-electron chi connectivity index (χ4n) is 3.03. The van der Waals surface area contributed by atoms with Crippen LogP contribution in [0.3, 0.4) is 0 Å². The van der Waals surface area contributed by atoms with E-state index < -0.39 is 12.3 Å². The zero-order valence-corrected chi connectivity index (χ0v) is 12.9. The van der Waals surface area contributed by atoms with Crippen molar-refractivity contribution in [2.75, 3.05) is 0 Å². The number of para-hydroxylation sites is 1. The quantitative estimate of drug-likeness (QED) is 0.540. The highest BCUT2D eigenvalue weighted by Crippen LogP contribution is 2.35. The Morgan fingerprint density at radius 1 is 0.920 bits per heavy atom. The minimum Gasteiger partial charge on any atom is -0.379 e. The molecule has 0 aliphatic rings. The van der Waals surface area contributed by atoms with Crippen LogP contribution in [0, 0.1) is 0 Å². The van der Waals surface area contributed by atoms with Gasteiger partial charge in [0.25, 0.3) is 0 Å². The summed E-state index contributed by atoms with van der Waals surface area (Å²) in [7, 11) is 0. The number of aliphatic hydroxyl groups excluding tert-OH is 1. The summed E-state index contributed by atoms with van der Waals surface area (Å²) in [6.45, 7) is 0. The van der Waals surface area contributed by atoms with Gasteiger partial charge < -0.3 is 10.1 Å². The number of hydrogen-bond donors (Lipinski definition) is 2. The number of aromatic nitrogens is 2. The van der Waals surface area contributed by atoms with E-state index in [2.05, 4.69) is 9.97 Å². The number of fused-ring (bicyclic) bond motifs is 3. The Labute approximate surface area is 140 Å². The first kappa shape index (κ1) is 15.7. The highest BCUT2D eigenvalue weighted by molar-refractivity contribution is 6.13. The number of halogens is 3. The van der Waals surface area contributed by atoms with E-state index in [1.807, 2.05) is 42.5 Å². The zero-order valence-electron chi connectivity index (χ0n) is 12.9. The van der Waals surface area contributed by atoms with Crippen LogP contribution in [0.5, 0.6) is 0 Å². The van der Waals surface area contributed by atoms with Crippen LogP contribution < -0.4 is 0 Å². The molecular formula is C19H13F3N2O. The van der Waals surface area contributed by atoms with Crippen LogP contribution in [-0.2, 0) is 0 Å². The van der Waals surface area contributed by atoms with Gasteiger partial charge in [-0.2, -0.15) is 13.2 Å². The number of rotatable bonds is 2. The summed E-state index contributed by atoms with van der Waals surface area (Å²) in [5.41, 5.74) is 3.01. The van der Waals surface area contributed by atoms with Crippen molar-refractivity contribution in [3.8, 4) is 11.3 Å². The Bertz CT molecular complexity index is 1050. The van der Waals surface area contributed by atoms with Crippen LogP contribution in [0.15, 0.2) is 60.8 Å². The average Bonchev–Trinajstić information content (AvgIpc) is 2.99.